The first-order valence-corrected chi connectivity index (χ1v) is 7.89. The Balaban J connectivity index is 2.09. The molecule has 20 heavy (non-hydrogen) atoms. The van der Waals surface area contributed by atoms with E-state index in [9.17, 15) is 4.79 Å². The first-order chi connectivity index (χ1) is 9.55. The maximum atomic E-state index is 12.3. The Morgan fingerprint density at radius 1 is 1.45 bits per heavy atom. The number of nitrogens with two attached hydrogens (primary N) is 1. The van der Waals surface area contributed by atoms with Crippen molar-refractivity contribution >= 4 is 17.4 Å². The number of aryl methyl sites for hydroxylation is 2. The quantitative estimate of drug-likeness (QED) is 0.842. The van der Waals surface area contributed by atoms with Crippen LogP contribution in [0.1, 0.15) is 50.9 Å². The fourth-order valence-corrected chi connectivity index (χ4v) is 3.32. The van der Waals surface area contributed by atoms with Gasteiger partial charge in [0.2, 0.25) is 0 Å². The zero-order valence-corrected chi connectivity index (χ0v) is 13.2. The molecule has 0 unspecified atom stereocenters. The third-order valence-electron chi connectivity index (χ3n) is 4.48. The van der Waals surface area contributed by atoms with E-state index in [0.717, 1.165) is 37.2 Å². The second kappa shape index (κ2) is 6.27. The highest BCUT2D eigenvalue weighted by Crippen LogP contribution is 2.43. The van der Waals surface area contributed by atoms with Gasteiger partial charge in [-0.05, 0) is 38.1 Å². The molecule has 2 N–H and O–H groups in total. The van der Waals surface area contributed by atoms with Gasteiger partial charge in [0.05, 0.1) is 16.4 Å². The van der Waals surface area contributed by atoms with E-state index < -0.39 is 0 Å². The molecular formula is C15H24ClN3O. The number of halogens is 1. The molecule has 1 aromatic heterocycles. The summed E-state index contributed by atoms with van der Waals surface area (Å²) >= 11 is 6.35. The summed E-state index contributed by atoms with van der Waals surface area (Å²) < 4.78 is 1.86. The molecule has 0 aliphatic heterocycles. The predicted octanol–water partition coefficient (Wildman–Crippen LogP) is 2.75. The zero-order chi connectivity index (χ0) is 14.8. The standard InChI is InChI=1S/C15H24ClN3O/c1-3-12-14(16)13(19(4-2)18-12)8-11(20)9-15(10-17)6-5-7-15/h3-10,17H2,1-2H3. The van der Waals surface area contributed by atoms with Crippen LogP contribution in [0.2, 0.25) is 5.02 Å². The summed E-state index contributed by atoms with van der Waals surface area (Å²) in [5.74, 6) is 0.231. The number of carbonyl (C=O) groups is 1. The number of hydrogen-bond acceptors (Lipinski definition) is 3. The number of aromatic nitrogens is 2. The molecule has 0 saturated heterocycles. The van der Waals surface area contributed by atoms with Gasteiger partial charge in [0.15, 0.2) is 0 Å². The van der Waals surface area contributed by atoms with Gasteiger partial charge >= 0.3 is 0 Å². The Morgan fingerprint density at radius 3 is 2.60 bits per heavy atom. The van der Waals surface area contributed by atoms with Gasteiger partial charge in [0.25, 0.3) is 0 Å². The number of Topliss-reactive ketones (excluding diaryl/α,β-unsaturated/α-hetero) is 1. The van der Waals surface area contributed by atoms with Gasteiger partial charge in [0.1, 0.15) is 5.78 Å². The summed E-state index contributed by atoms with van der Waals surface area (Å²) in [4.78, 5) is 12.3. The molecule has 5 heteroatoms. The van der Waals surface area contributed by atoms with Crippen LogP contribution in [0.4, 0.5) is 0 Å². The van der Waals surface area contributed by atoms with Crippen molar-refractivity contribution in [3.63, 3.8) is 0 Å². The summed E-state index contributed by atoms with van der Waals surface area (Å²) in [6, 6.07) is 0. The largest absolute Gasteiger partial charge is 0.330 e. The molecule has 2 rings (SSSR count). The second-order valence-corrected chi connectivity index (χ2v) is 6.20. The number of hydrogen-bond donors (Lipinski definition) is 1. The summed E-state index contributed by atoms with van der Waals surface area (Å²) in [5.41, 5.74) is 7.64. The minimum atomic E-state index is 0.0637. The molecule has 1 aromatic rings. The van der Waals surface area contributed by atoms with Crippen molar-refractivity contribution in [2.45, 2.75) is 58.9 Å². The van der Waals surface area contributed by atoms with Crippen LogP contribution in [0.5, 0.6) is 0 Å². The molecule has 0 atom stereocenters. The van der Waals surface area contributed by atoms with Crippen molar-refractivity contribution in [2.75, 3.05) is 6.54 Å². The maximum absolute atomic E-state index is 12.3. The van der Waals surface area contributed by atoms with Crippen LogP contribution in [0.15, 0.2) is 0 Å². The average molecular weight is 298 g/mol. The molecule has 112 valence electrons. The van der Waals surface area contributed by atoms with E-state index in [2.05, 4.69) is 5.10 Å². The zero-order valence-electron chi connectivity index (χ0n) is 12.4. The number of ketones is 1. The monoisotopic (exact) mass is 297 g/mol. The highest BCUT2D eigenvalue weighted by atomic mass is 35.5. The molecule has 0 spiro atoms. The highest BCUT2D eigenvalue weighted by molar-refractivity contribution is 6.32. The van der Waals surface area contributed by atoms with Crippen molar-refractivity contribution in [2.24, 2.45) is 11.1 Å². The van der Waals surface area contributed by atoms with Crippen LogP contribution in [0, 0.1) is 5.41 Å². The van der Waals surface area contributed by atoms with Crippen LogP contribution >= 0.6 is 11.6 Å². The lowest BCUT2D eigenvalue weighted by Crippen LogP contribution is -2.39. The summed E-state index contributed by atoms with van der Waals surface area (Å²) in [5, 5.41) is 5.12. The van der Waals surface area contributed by atoms with E-state index in [-0.39, 0.29) is 11.2 Å². The van der Waals surface area contributed by atoms with E-state index in [0.29, 0.717) is 24.4 Å². The van der Waals surface area contributed by atoms with Crippen molar-refractivity contribution < 1.29 is 4.79 Å². The Kier molecular flexibility index (Phi) is 4.86. The number of nitrogens with zero attached hydrogens (tertiary/aromatic N) is 2. The summed E-state index contributed by atoms with van der Waals surface area (Å²) in [7, 11) is 0. The molecule has 0 amide bonds. The number of rotatable bonds is 7. The highest BCUT2D eigenvalue weighted by Gasteiger charge is 2.37. The van der Waals surface area contributed by atoms with E-state index in [4.69, 9.17) is 17.3 Å². The maximum Gasteiger partial charge on any atom is 0.139 e. The van der Waals surface area contributed by atoms with E-state index >= 15 is 0 Å². The Hall–Kier alpha value is -0.870. The van der Waals surface area contributed by atoms with Gasteiger partial charge in [-0.1, -0.05) is 24.9 Å². The third kappa shape index (κ3) is 2.91. The lowest BCUT2D eigenvalue weighted by Gasteiger charge is -2.40. The molecule has 1 aliphatic rings. The van der Waals surface area contributed by atoms with Crippen LogP contribution < -0.4 is 5.73 Å². The average Bonchev–Trinajstić information content (AvgIpc) is 2.70. The second-order valence-electron chi connectivity index (χ2n) is 5.83. The summed E-state index contributed by atoms with van der Waals surface area (Å²) in [6.45, 7) is 5.39. The molecule has 0 aromatic carbocycles. The van der Waals surface area contributed by atoms with E-state index in [1.165, 1.54) is 6.42 Å². The fourth-order valence-electron chi connectivity index (χ4n) is 2.98. The summed E-state index contributed by atoms with van der Waals surface area (Å²) in [6.07, 6.45) is 5.10. The third-order valence-corrected chi connectivity index (χ3v) is 4.91. The van der Waals surface area contributed by atoms with Gasteiger partial charge in [-0.2, -0.15) is 5.10 Å². The Labute approximate surface area is 125 Å². The Bertz CT molecular complexity index is 486. The normalized spacial score (nSPS) is 17.0. The van der Waals surface area contributed by atoms with Crippen molar-refractivity contribution in [1.29, 1.82) is 0 Å². The van der Waals surface area contributed by atoms with Gasteiger partial charge < -0.3 is 5.73 Å². The molecule has 4 nitrogen and oxygen atoms in total. The lowest BCUT2D eigenvalue weighted by molar-refractivity contribution is -0.122. The smallest absolute Gasteiger partial charge is 0.139 e. The van der Waals surface area contributed by atoms with Crippen molar-refractivity contribution in [1.82, 2.24) is 9.78 Å². The van der Waals surface area contributed by atoms with Crippen LogP contribution in [0.3, 0.4) is 0 Å². The van der Waals surface area contributed by atoms with Gasteiger partial charge in [0, 0.05) is 19.4 Å². The lowest BCUT2D eigenvalue weighted by atomic mass is 9.65. The van der Waals surface area contributed by atoms with Gasteiger partial charge in [-0.3, -0.25) is 9.48 Å². The predicted molar refractivity (Wildman–Crippen MR) is 81.0 cm³/mol. The molecule has 1 fully saturated rings. The molecule has 1 aliphatic carbocycles. The van der Waals surface area contributed by atoms with Crippen LogP contribution in [-0.4, -0.2) is 22.1 Å². The molecule has 0 radical (unpaired) electrons. The topological polar surface area (TPSA) is 60.9 Å². The minimum absolute atomic E-state index is 0.0637. The molecule has 1 heterocycles. The van der Waals surface area contributed by atoms with Crippen molar-refractivity contribution in [3.05, 3.63) is 16.4 Å². The first kappa shape index (κ1) is 15.5. The van der Waals surface area contributed by atoms with E-state index in [1.54, 1.807) is 0 Å². The van der Waals surface area contributed by atoms with Gasteiger partial charge in [-0.15, -0.1) is 0 Å². The van der Waals surface area contributed by atoms with Crippen LogP contribution in [0.25, 0.3) is 0 Å². The molecular weight excluding hydrogens is 274 g/mol. The van der Waals surface area contributed by atoms with Crippen LogP contribution in [-0.2, 0) is 24.2 Å². The first-order valence-electron chi connectivity index (χ1n) is 7.51. The van der Waals surface area contributed by atoms with Gasteiger partial charge in [-0.25, -0.2) is 0 Å². The van der Waals surface area contributed by atoms with E-state index in [1.807, 2.05) is 18.5 Å². The Morgan fingerprint density at radius 2 is 2.15 bits per heavy atom. The number of carbonyl (C=O) groups excluding carboxylic acids is 1. The molecule has 1 saturated carbocycles. The molecule has 0 bridgehead atoms. The van der Waals surface area contributed by atoms with Crippen molar-refractivity contribution in [3.8, 4) is 0 Å². The fraction of sp³-hybridized carbons (Fsp3) is 0.733. The minimum Gasteiger partial charge on any atom is -0.330 e. The SMILES string of the molecule is CCc1nn(CC)c(CC(=O)CC2(CN)CCC2)c1Cl.